The van der Waals surface area contributed by atoms with Crippen LogP contribution in [0.1, 0.15) is 35.8 Å². The minimum absolute atomic E-state index is 0.155. The van der Waals surface area contributed by atoms with Gasteiger partial charge in [0.1, 0.15) is 12.1 Å². The fourth-order valence-electron chi connectivity index (χ4n) is 2.34. The Morgan fingerprint density at radius 3 is 3.06 bits per heavy atom. The van der Waals surface area contributed by atoms with Crippen molar-refractivity contribution in [3.8, 4) is 0 Å². The summed E-state index contributed by atoms with van der Waals surface area (Å²) < 4.78 is 21.1. The molecule has 1 aliphatic rings. The molecule has 5 heteroatoms. The number of carbonyl (C=O) groups excluding carboxylic acids is 1. The molecule has 0 aliphatic carbocycles. The van der Waals surface area contributed by atoms with Gasteiger partial charge in [-0.2, -0.15) is 5.10 Å². The summed E-state index contributed by atoms with van der Waals surface area (Å²) in [5.74, 6) is -0.420. The van der Waals surface area contributed by atoms with Gasteiger partial charge in [-0.25, -0.2) is 9.07 Å². The van der Waals surface area contributed by atoms with Crippen LogP contribution in [0.5, 0.6) is 0 Å². The number of aromatic nitrogens is 2. The van der Waals surface area contributed by atoms with Gasteiger partial charge in [-0.1, -0.05) is 0 Å². The highest BCUT2D eigenvalue weighted by molar-refractivity contribution is 5.87. The van der Waals surface area contributed by atoms with Gasteiger partial charge in [0.15, 0.2) is 6.23 Å². The van der Waals surface area contributed by atoms with Gasteiger partial charge in [-0.15, -0.1) is 0 Å². The van der Waals surface area contributed by atoms with E-state index in [2.05, 4.69) is 5.10 Å². The van der Waals surface area contributed by atoms with Gasteiger partial charge in [0.25, 0.3) is 0 Å². The van der Waals surface area contributed by atoms with Crippen LogP contribution in [0, 0.1) is 5.82 Å². The smallest absolute Gasteiger partial charge is 0.150 e. The lowest BCUT2D eigenvalue weighted by Gasteiger charge is -2.23. The van der Waals surface area contributed by atoms with E-state index in [0.29, 0.717) is 29.4 Å². The lowest BCUT2D eigenvalue weighted by atomic mass is 10.1. The van der Waals surface area contributed by atoms with Crippen molar-refractivity contribution < 1.29 is 13.9 Å². The highest BCUT2D eigenvalue weighted by atomic mass is 19.1. The SMILES string of the molecule is O=Cc1cc(F)c2cnn(C3CCCCO3)c2c1. The summed E-state index contributed by atoms with van der Waals surface area (Å²) in [5.41, 5.74) is 0.932. The van der Waals surface area contributed by atoms with Crippen LogP contribution >= 0.6 is 0 Å². The summed E-state index contributed by atoms with van der Waals surface area (Å²) in [6.07, 6.45) is 4.95. The molecule has 18 heavy (non-hydrogen) atoms. The number of carbonyl (C=O) groups is 1. The lowest BCUT2D eigenvalue weighted by molar-refractivity contribution is -0.0366. The van der Waals surface area contributed by atoms with Crippen LogP contribution in [0.25, 0.3) is 10.9 Å². The second-order valence-corrected chi connectivity index (χ2v) is 4.46. The predicted octanol–water partition coefficient (Wildman–Crippen LogP) is 2.69. The average molecular weight is 248 g/mol. The van der Waals surface area contributed by atoms with E-state index in [1.807, 2.05) is 0 Å². The minimum atomic E-state index is -0.420. The molecule has 1 saturated heterocycles. The van der Waals surface area contributed by atoms with E-state index in [1.54, 1.807) is 10.7 Å². The summed E-state index contributed by atoms with van der Waals surface area (Å²) in [6, 6.07) is 2.87. The van der Waals surface area contributed by atoms with Crippen LogP contribution in [0.3, 0.4) is 0 Å². The highest BCUT2D eigenvalue weighted by Crippen LogP contribution is 2.27. The molecule has 1 aromatic carbocycles. The fraction of sp³-hybridized carbons (Fsp3) is 0.385. The summed E-state index contributed by atoms with van der Waals surface area (Å²) in [7, 11) is 0. The van der Waals surface area contributed by atoms with Crippen molar-refractivity contribution in [1.82, 2.24) is 9.78 Å². The molecule has 1 atom stereocenters. The summed E-state index contributed by atoms with van der Waals surface area (Å²) >= 11 is 0. The molecule has 94 valence electrons. The van der Waals surface area contributed by atoms with Gasteiger partial charge in [0.05, 0.1) is 17.1 Å². The Morgan fingerprint density at radius 2 is 2.33 bits per heavy atom. The van der Waals surface area contributed by atoms with Gasteiger partial charge in [-0.05, 0) is 31.4 Å². The van der Waals surface area contributed by atoms with Crippen molar-refractivity contribution in [2.45, 2.75) is 25.5 Å². The lowest BCUT2D eigenvalue weighted by Crippen LogP contribution is -2.19. The Morgan fingerprint density at radius 1 is 1.44 bits per heavy atom. The zero-order valence-electron chi connectivity index (χ0n) is 9.80. The molecule has 0 radical (unpaired) electrons. The molecule has 1 aromatic heterocycles. The maximum atomic E-state index is 13.8. The second kappa shape index (κ2) is 4.49. The highest BCUT2D eigenvalue weighted by Gasteiger charge is 2.19. The monoisotopic (exact) mass is 248 g/mol. The van der Waals surface area contributed by atoms with Crippen LogP contribution in [-0.4, -0.2) is 22.7 Å². The maximum Gasteiger partial charge on any atom is 0.150 e. The van der Waals surface area contributed by atoms with Crippen molar-refractivity contribution in [2.75, 3.05) is 6.61 Å². The number of halogens is 1. The third kappa shape index (κ3) is 1.80. The van der Waals surface area contributed by atoms with E-state index in [1.165, 1.54) is 12.3 Å². The Bertz CT molecular complexity index is 588. The number of aldehydes is 1. The Labute approximate surface area is 103 Å². The van der Waals surface area contributed by atoms with Crippen LogP contribution in [0.2, 0.25) is 0 Å². The summed E-state index contributed by atoms with van der Waals surface area (Å²) in [6.45, 7) is 0.696. The van der Waals surface area contributed by atoms with Gasteiger partial charge in [-0.3, -0.25) is 4.79 Å². The standard InChI is InChI=1S/C13H13FN2O2/c14-11-5-9(8-17)6-12-10(11)7-15-16(12)13-3-1-2-4-18-13/h5-8,13H,1-4H2. The molecule has 3 rings (SSSR count). The largest absolute Gasteiger partial charge is 0.356 e. The van der Waals surface area contributed by atoms with Crippen LogP contribution in [0.15, 0.2) is 18.3 Å². The third-order valence-corrected chi connectivity index (χ3v) is 3.25. The number of fused-ring (bicyclic) bond motifs is 1. The maximum absolute atomic E-state index is 13.8. The number of rotatable bonds is 2. The molecule has 0 N–H and O–H groups in total. The zero-order chi connectivity index (χ0) is 12.5. The number of benzene rings is 1. The van der Waals surface area contributed by atoms with E-state index in [4.69, 9.17) is 4.74 Å². The summed E-state index contributed by atoms with van der Waals surface area (Å²) in [5, 5.41) is 4.62. The Hall–Kier alpha value is -1.75. The predicted molar refractivity (Wildman–Crippen MR) is 63.9 cm³/mol. The molecule has 0 saturated carbocycles. The van der Waals surface area contributed by atoms with E-state index >= 15 is 0 Å². The molecule has 0 spiro atoms. The molecular formula is C13H13FN2O2. The van der Waals surface area contributed by atoms with Crippen molar-refractivity contribution in [1.29, 1.82) is 0 Å². The van der Waals surface area contributed by atoms with Crippen LogP contribution < -0.4 is 0 Å². The van der Waals surface area contributed by atoms with Crippen molar-refractivity contribution in [3.63, 3.8) is 0 Å². The molecule has 2 aromatic rings. The second-order valence-electron chi connectivity index (χ2n) is 4.46. The topological polar surface area (TPSA) is 44.1 Å². The minimum Gasteiger partial charge on any atom is -0.356 e. The Balaban J connectivity index is 2.11. The van der Waals surface area contributed by atoms with Crippen molar-refractivity contribution in [3.05, 3.63) is 29.7 Å². The van der Waals surface area contributed by atoms with Crippen molar-refractivity contribution >= 4 is 17.2 Å². The van der Waals surface area contributed by atoms with E-state index < -0.39 is 5.82 Å². The number of nitrogens with zero attached hydrogens (tertiary/aromatic N) is 2. The van der Waals surface area contributed by atoms with Gasteiger partial charge in [0.2, 0.25) is 0 Å². The average Bonchev–Trinajstić information content (AvgIpc) is 2.84. The normalized spacial score (nSPS) is 20.2. The molecule has 2 heterocycles. The first-order valence-electron chi connectivity index (χ1n) is 6.03. The first-order valence-corrected chi connectivity index (χ1v) is 6.03. The molecule has 0 amide bonds. The molecule has 1 fully saturated rings. The number of ether oxygens (including phenoxy) is 1. The van der Waals surface area contributed by atoms with Gasteiger partial charge in [0, 0.05) is 12.2 Å². The first-order chi connectivity index (χ1) is 8.79. The van der Waals surface area contributed by atoms with Crippen LogP contribution in [0.4, 0.5) is 4.39 Å². The van der Waals surface area contributed by atoms with Gasteiger partial charge < -0.3 is 4.74 Å². The van der Waals surface area contributed by atoms with Crippen molar-refractivity contribution in [2.24, 2.45) is 0 Å². The van der Waals surface area contributed by atoms with E-state index in [0.717, 1.165) is 19.3 Å². The molecule has 1 unspecified atom stereocenters. The third-order valence-electron chi connectivity index (χ3n) is 3.25. The summed E-state index contributed by atoms with van der Waals surface area (Å²) in [4.78, 5) is 10.8. The number of hydrogen-bond acceptors (Lipinski definition) is 3. The fourth-order valence-corrected chi connectivity index (χ4v) is 2.34. The van der Waals surface area contributed by atoms with Crippen LogP contribution in [-0.2, 0) is 4.74 Å². The molecular weight excluding hydrogens is 235 g/mol. The quantitative estimate of drug-likeness (QED) is 0.767. The van der Waals surface area contributed by atoms with E-state index in [9.17, 15) is 9.18 Å². The molecule has 0 bridgehead atoms. The zero-order valence-corrected chi connectivity index (χ0v) is 9.80. The Kier molecular flexibility index (Phi) is 2.83. The van der Waals surface area contributed by atoms with E-state index in [-0.39, 0.29) is 6.23 Å². The molecule has 4 nitrogen and oxygen atoms in total. The first kappa shape index (κ1) is 11.3. The molecule has 1 aliphatic heterocycles. The number of hydrogen-bond donors (Lipinski definition) is 0. The van der Waals surface area contributed by atoms with Gasteiger partial charge >= 0.3 is 0 Å².